The maximum atomic E-state index is 5.58. The fourth-order valence-electron chi connectivity index (χ4n) is 1.65. The molecule has 0 bridgehead atoms. The van der Waals surface area contributed by atoms with Gasteiger partial charge in [-0.05, 0) is 25.5 Å². The highest BCUT2D eigenvalue weighted by atomic mass is 32.2. The number of nitrogens with zero attached hydrogens (tertiary/aromatic N) is 2. The van der Waals surface area contributed by atoms with Gasteiger partial charge in [-0.25, -0.2) is 0 Å². The van der Waals surface area contributed by atoms with Gasteiger partial charge in [0.15, 0.2) is 4.34 Å². The normalized spacial score (nSPS) is 10.6. The van der Waals surface area contributed by atoms with Crippen LogP contribution < -0.4 is 10.1 Å². The number of benzene rings is 1. The fourth-order valence-corrected chi connectivity index (χ4v) is 3.40. The van der Waals surface area contributed by atoms with Crippen LogP contribution in [-0.2, 0) is 4.74 Å². The van der Waals surface area contributed by atoms with Crippen molar-refractivity contribution in [3.05, 3.63) is 24.3 Å². The Morgan fingerprint density at radius 3 is 2.95 bits per heavy atom. The Labute approximate surface area is 133 Å². The first-order valence-electron chi connectivity index (χ1n) is 6.77. The molecule has 0 atom stereocenters. The van der Waals surface area contributed by atoms with Crippen LogP contribution >= 0.6 is 23.1 Å². The van der Waals surface area contributed by atoms with E-state index in [0.29, 0.717) is 6.61 Å². The van der Waals surface area contributed by atoms with Crippen LogP contribution in [0.2, 0.25) is 0 Å². The zero-order chi connectivity index (χ0) is 14.9. The molecule has 2 aromatic rings. The number of ether oxygens (including phenoxy) is 2. The number of para-hydroxylation sites is 2. The molecule has 2 rings (SSSR count). The van der Waals surface area contributed by atoms with E-state index in [1.807, 2.05) is 31.2 Å². The molecule has 5 nitrogen and oxygen atoms in total. The van der Waals surface area contributed by atoms with E-state index in [4.69, 9.17) is 9.47 Å². The summed E-state index contributed by atoms with van der Waals surface area (Å²) in [7, 11) is 1.72. The third-order valence-corrected chi connectivity index (χ3v) is 4.61. The van der Waals surface area contributed by atoms with E-state index in [0.717, 1.165) is 39.7 Å². The molecule has 21 heavy (non-hydrogen) atoms. The van der Waals surface area contributed by atoms with E-state index < -0.39 is 0 Å². The van der Waals surface area contributed by atoms with E-state index in [2.05, 4.69) is 15.5 Å². The van der Waals surface area contributed by atoms with E-state index in [1.54, 1.807) is 30.2 Å². The second kappa shape index (κ2) is 8.86. The van der Waals surface area contributed by atoms with Crippen molar-refractivity contribution in [2.45, 2.75) is 17.7 Å². The van der Waals surface area contributed by atoms with Crippen LogP contribution in [0.15, 0.2) is 28.6 Å². The SMILES string of the molecule is CCOc1ccccc1Nc1nnc(SCCCOC)s1. The Morgan fingerprint density at radius 2 is 2.14 bits per heavy atom. The molecule has 1 N–H and O–H groups in total. The number of anilines is 2. The summed E-state index contributed by atoms with van der Waals surface area (Å²) in [5, 5.41) is 12.4. The average molecular weight is 325 g/mol. The summed E-state index contributed by atoms with van der Waals surface area (Å²) < 4.78 is 11.6. The van der Waals surface area contributed by atoms with Crippen LogP contribution in [0.5, 0.6) is 5.75 Å². The van der Waals surface area contributed by atoms with Gasteiger partial charge in [0.2, 0.25) is 5.13 Å². The smallest absolute Gasteiger partial charge is 0.210 e. The van der Waals surface area contributed by atoms with Gasteiger partial charge in [-0.1, -0.05) is 35.2 Å². The first-order chi connectivity index (χ1) is 10.3. The summed E-state index contributed by atoms with van der Waals surface area (Å²) in [5.41, 5.74) is 0.909. The summed E-state index contributed by atoms with van der Waals surface area (Å²) in [6.07, 6.45) is 1.01. The minimum atomic E-state index is 0.634. The molecule has 1 aromatic heterocycles. The molecule has 0 unspecified atom stereocenters. The van der Waals surface area contributed by atoms with E-state index in [-0.39, 0.29) is 0 Å². The molecule has 7 heteroatoms. The lowest BCUT2D eigenvalue weighted by Crippen LogP contribution is -1.97. The highest BCUT2D eigenvalue weighted by Crippen LogP contribution is 2.31. The van der Waals surface area contributed by atoms with Crippen molar-refractivity contribution in [1.82, 2.24) is 10.2 Å². The molecule has 0 aliphatic heterocycles. The first kappa shape index (κ1) is 16.1. The van der Waals surface area contributed by atoms with Gasteiger partial charge < -0.3 is 14.8 Å². The standard InChI is InChI=1S/C14H19N3O2S2/c1-3-19-12-8-5-4-7-11(12)15-13-16-17-14(21-13)20-10-6-9-18-2/h4-5,7-8H,3,6,9-10H2,1-2H3,(H,15,16). The van der Waals surface area contributed by atoms with E-state index >= 15 is 0 Å². The van der Waals surface area contributed by atoms with Gasteiger partial charge in [0, 0.05) is 19.5 Å². The minimum absolute atomic E-state index is 0.634. The van der Waals surface area contributed by atoms with Gasteiger partial charge in [-0.2, -0.15) is 0 Å². The number of methoxy groups -OCH3 is 1. The number of nitrogens with one attached hydrogen (secondary N) is 1. The Balaban J connectivity index is 1.93. The molecular weight excluding hydrogens is 306 g/mol. The van der Waals surface area contributed by atoms with Gasteiger partial charge >= 0.3 is 0 Å². The number of hydrogen-bond acceptors (Lipinski definition) is 7. The van der Waals surface area contributed by atoms with Crippen molar-refractivity contribution in [2.24, 2.45) is 0 Å². The van der Waals surface area contributed by atoms with Crippen molar-refractivity contribution in [2.75, 3.05) is 31.4 Å². The second-order valence-electron chi connectivity index (χ2n) is 4.12. The zero-order valence-electron chi connectivity index (χ0n) is 12.2. The van der Waals surface area contributed by atoms with Gasteiger partial charge in [-0.3, -0.25) is 0 Å². The predicted octanol–water partition coefficient (Wildman–Crippen LogP) is 3.81. The molecule has 0 aliphatic carbocycles. The molecule has 0 aliphatic rings. The van der Waals surface area contributed by atoms with Crippen LogP contribution in [0.25, 0.3) is 0 Å². The lowest BCUT2D eigenvalue weighted by Gasteiger charge is -2.09. The quantitative estimate of drug-likeness (QED) is 0.559. The van der Waals surface area contributed by atoms with Gasteiger partial charge in [0.25, 0.3) is 0 Å². The lowest BCUT2D eigenvalue weighted by atomic mass is 10.3. The van der Waals surface area contributed by atoms with Crippen LogP contribution in [0, 0.1) is 0 Å². The first-order valence-corrected chi connectivity index (χ1v) is 8.57. The van der Waals surface area contributed by atoms with Crippen molar-refractivity contribution < 1.29 is 9.47 Å². The number of hydrogen-bond donors (Lipinski definition) is 1. The summed E-state index contributed by atoms with van der Waals surface area (Å²) in [4.78, 5) is 0. The molecule has 0 spiro atoms. The molecule has 1 aromatic carbocycles. The molecule has 1 heterocycles. The highest BCUT2D eigenvalue weighted by molar-refractivity contribution is 8.01. The average Bonchev–Trinajstić information content (AvgIpc) is 2.94. The maximum Gasteiger partial charge on any atom is 0.210 e. The van der Waals surface area contributed by atoms with E-state index in [1.165, 1.54) is 0 Å². The van der Waals surface area contributed by atoms with Crippen molar-refractivity contribution in [1.29, 1.82) is 0 Å². The van der Waals surface area contributed by atoms with Gasteiger partial charge in [0.05, 0.1) is 12.3 Å². The van der Waals surface area contributed by atoms with E-state index in [9.17, 15) is 0 Å². The third-order valence-electron chi connectivity index (χ3n) is 2.55. The summed E-state index contributed by atoms with van der Waals surface area (Å²) in [5.74, 6) is 1.81. The number of rotatable bonds is 9. The maximum absolute atomic E-state index is 5.58. The number of thioether (sulfide) groups is 1. The predicted molar refractivity (Wildman–Crippen MR) is 88.0 cm³/mol. The summed E-state index contributed by atoms with van der Waals surface area (Å²) >= 11 is 3.25. The van der Waals surface area contributed by atoms with Crippen molar-refractivity contribution in [3.8, 4) is 5.75 Å². The monoisotopic (exact) mass is 325 g/mol. The molecule has 114 valence electrons. The Hall–Kier alpha value is -1.31. The fraction of sp³-hybridized carbons (Fsp3) is 0.429. The summed E-state index contributed by atoms with van der Waals surface area (Å²) in [6.45, 7) is 3.38. The van der Waals surface area contributed by atoms with Crippen molar-refractivity contribution in [3.63, 3.8) is 0 Å². The Kier molecular flexibility index (Phi) is 6.78. The van der Waals surface area contributed by atoms with Crippen LogP contribution in [0.1, 0.15) is 13.3 Å². The molecule has 0 fully saturated rings. The molecular formula is C14H19N3O2S2. The third kappa shape index (κ3) is 5.18. The lowest BCUT2D eigenvalue weighted by molar-refractivity contribution is 0.200. The molecule has 0 saturated carbocycles. The Morgan fingerprint density at radius 1 is 1.29 bits per heavy atom. The number of aromatic nitrogens is 2. The molecule has 0 saturated heterocycles. The van der Waals surface area contributed by atoms with Crippen LogP contribution in [-0.4, -0.2) is 36.3 Å². The van der Waals surface area contributed by atoms with Gasteiger partial charge in [0.1, 0.15) is 5.75 Å². The van der Waals surface area contributed by atoms with Crippen molar-refractivity contribution >= 4 is 33.9 Å². The largest absolute Gasteiger partial charge is 0.492 e. The zero-order valence-corrected chi connectivity index (χ0v) is 13.8. The topological polar surface area (TPSA) is 56.3 Å². The summed E-state index contributed by atoms with van der Waals surface area (Å²) in [6, 6.07) is 7.82. The Bertz CT molecular complexity index is 549. The highest BCUT2D eigenvalue weighted by Gasteiger charge is 2.08. The van der Waals surface area contributed by atoms with Crippen LogP contribution in [0.3, 0.4) is 0 Å². The minimum Gasteiger partial charge on any atom is -0.492 e. The second-order valence-corrected chi connectivity index (χ2v) is 6.44. The molecule has 0 radical (unpaired) electrons. The van der Waals surface area contributed by atoms with Crippen LogP contribution in [0.4, 0.5) is 10.8 Å². The molecule has 0 amide bonds. The van der Waals surface area contributed by atoms with Gasteiger partial charge in [-0.15, -0.1) is 10.2 Å².